The van der Waals surface area contributed by atoms with Crippen molar-refractivity contribution in [2.24, 2.45) is 0 Å². The predicted molar refractivity (Wildman–Crippen MR) is 56.8 cm³/mol. The largest absolute Gasteiger partial charge is 1.00 e. The Kier molecular flexibility index (Phi) is 20.1. The van der Waals surface area contributed by atoms with Crippen molar-refractivity contribution in [3.63, 3.8) is 0 Å². The first-order valence-electron chi connectivity index (χ1n) is 4.13. The number of hydrogen-bond donors (Lipinski definition) is 5. The summed E-state index contributed by atoms with van der Waals surface area (Å²) < 4.78 is 0. The summed E-state index contributed by atoms with van der Waals surface area (Å²) in [6.07, 6.45) is -1.32. The van der Waals surface area contributed by atoms with Gasteiger partial charge < -0.3 is 27.3 Å². The van der Waals surface area contributed by atoms with Gasteiger partial charge in [-0.05, 0) is 0 Å². The van der Waals surface area contributed by atoms with Crippen LogP contribution in [0.4, 0.5) is 0 Å². The van der Waals surface area contributed by atoms with Crippen molar-refractivity contribution in [1.82, 2.24) is 0 Å². The van der Waals surface area contributed by atoms with Crippen LogP contribution in [-0.4, -0.2) is 55.5 Å². The predicted octanol–water partition coefficient (Wildman–Crippen LogP) is -4.21. The van der Waals surface area contributed by atoms with Gasteiger partial charge in [0.15, 0.2) is 0 Å². The normalized spacial score (nSPS) is 7.58. The van der Waals surface area contributed by atoms with E-state index in [0.717, 1.165) is 0 Å². The first-order valence-corrected chi connectivity index (χ1v) is 4.13. The van der Waals surface area contributed by atoms with E-state index in [4.69, 9.17) is 25.8 Å². The molecule has 0 aromatic rings. The minimum Gasteiger partial charge on any atom is -1.00 e. The van der Waals surface area contributed by atoms with Gasteiger partial charge in [-0.25, -0.2) is 4.79 Å². The van der Waals surface area contributed by atoms with Crippen molar-refractivity contribution < 1.29 is 76.1 Å². The van der Waals surface area contributed by atoms with E-state index in [1.54, 1.807) is 0 Å². The average Bonchev–Trinajstić information content (AvgIpc) is 2.14. The van der Waals surface area contributed by atoms with Crippen LogP contribution in [0.3, 0.4) is 0 Å². The fourth-order valence-electron chi connectivity index (χ4n) is 0.441. The summed E-state index contributed by atoms with van der Waals surface area (Å²) in [6, 6.07) is 0. The molecule has 0 aliphatic rings. The van der Waals surface area contributed by atoms with Gasteiger partial charge in [-0.1, -0.05) is 0 Å². The van der Waals surface area contributed by atoms with Crippen LogP contribution in [0.2, 0.25) is 0 Å². The fraction of sp³-hybridized carbons (Fsp3) is 0.375. The second-order valence-corrected chi connectivity index (χ2v) is 2.64. The smallest absolute Gasteiger partial charge is 1.00 e. The van der Waals surface area contributed by atoms with Crippen LogP contribution in [0, 0.1) is 5.41 Å². The Labute approximate surface area is 130 Å². The van der Waals surface area contributed by atoms with Crippen molar-refractivity contribution in [2.75, 3.05) is 0 Å². The molecule has 0 atom stereocenters. The zero-order valence-corrected chi connectivity index (χ0v) is 12.0. The first-order chi connectivity index (χ1) is 7.66. The molecule has 0 aliphatic carbocycles. The van der Waals surface area contributed by atoms with Gasteiger partial charge in [-0.2, -0.15) is 0 Å². The second-order valence-electron chi connectivity index (χ2n) is 2.64. The second kappa shape index (κ2) is 14.6. The number of hydrogen-bond acceptors (Lipinski definition) is 5. The third-order valence-electron chi connectivity index (χ3n) is 1.14. The fourth-order valence-corrected chi connectivity index (χ4v) is 0.441. The molecule has 0 heterocycles. The summed E-state index contributed by atoms with van der Waals surface area (Å²) in [5, 5.41) is 38.2. The SMILES string of the molecule is N=C(CC(=O)O)C(=O)O.O.O=C(O)CCC(=O)O.[H-].[Na+]. The Morgan fingerprint density at radius 2 is 1.16 bits per heavy atom. The van der Waals surface area contributed by atoms with E-state index in [1.807, 2.05) is 0 Å². The van der Waals surface area contributed by atoms with Crippen LogP contribution in [0.1, 0.15) is 20.7 Å². The van der Waals surface area contributed by atoms with Crippen molar-refractivity contribution in [2.45, 2.75) is 19.3 Å². The monoisotopic (exact) mass is 291 g/mol. The number of aliphatic carboxylic acids is 4. The summed E-state index contributed by atoms with van der Waals surface area (Å²) in [7, 11) is 0. The minimum absolute atomic E-state index is 0. The zero-order valence-electron chi connectivity index (χ0n) is 11.0. The van der Waals surface area contributed by atoms with Crippen LogP contribution in [0.25, 0.3) is 0 Å². The van der Waals surface area contributed by atoms with Crippen LogP contribution >= 0.6 is 0 Å². The third-order valence-corrected chi connectivity index (χ3v) is 1.14. The van der Waals surface area contributed by atoms with Gasteiger partial charge in [0.05, 0.1) is 19.3 Å². The van der Waals surface area contributed by atoms with Crippen LogP contribution < -0.4 is 29.6 Å². The van der Waals surface area contributed by atoms with Gasteiger partial charge in [-0.3, -0.25) is 19.8 Å². The number of carboxylic acid groups (broad SMARTS) is 4. The minimum atomic E-state index is -1.49. The van der Waals surface area contributed by atoms with Crippen molar-refractivity contribution in [3.05, 3.63) is 0 Å². The molecule has 0 radical (unpaired) electrons. The molecule has 0 saturated heterocycles. The van der Waals surface area contributed by atoms with E-state index in [9.17, 15) is 19.2 Å². The quantitative estimate of drug-likeness (QED) is 0.239. The van der Waals surface area contributed by atoms with Gasteiger partial charge in [0.2, 0.25) is 0 Å². The molecule has 0 fully saturated rings. The summed E-state index contributed by atoms with van der Waals surface area (Å²) in [4.78, 5) is 38.7. The van der Waals surface area contributed by atoms with E-state index in [2.05, 4.69) is 0 Å². The standard InChI is InChI=1S/C4H5NO4.C4H6O4.Na.H2O.H/c5-2(4(8)9)1-3(6)7;5-3(6)1-2-4(7)8;;;/h5H,1H2,(H,6,7)(H,8,9);1-2H2,(H,5,6)(H,7,8);;1H2;/q;;+1;;-1. The van der Waals surface area contributed by atoms with Gasteiger partial charge in [0, 0.05) is 0 Å². The van der Waals surface area contributed by atoms with Crippen LogP contribution in [-0.2, 0) is 19.2 Å². The Hall–Kier alpha value is -1.49. The molecule has 0 spiro atoms. The molecule has 0 saturated carbocycles. The summed E-state index contributed by atoms with van der Waals surface area (Å²) in [5.41, 5.74) is -0.803. The van der Waals surface area contributed by atoms with Gasteiger partial charge >= 0.3 is 53.4 Å². The van der Waals surface area contributed by atoms with E-state index < -0.39 is 36.0 Å². The number of nitrogens with one attached hydrogen (secondary N) is 1. The summed E-state index contributed by atoms with van der Waals surface area (Å²) in [6.45, 7) is 0. The van der Waals surface area contributed by atoms with E-state index >= 15 is 0 Å². The summed E-state index contributed by atoms with van der Waals surface area (Å²) >= 11 is 0. The van der Waals surface area contributed by atoms with Gasteiger partial charge in [0.25, 0.3) is 0 Å². The molecule has 106 valence electrons. The molecular formula is C8H14NNaO9. The number of carboxylic acids is 4. The molecule has 7 N–H and O–H groups in total. The molecule has 19 heavy (non-hydrogen) atoms. The first kappa shape index (κ1) is 26.1. The average molecular weight is 291 g/mol. The third kappa shape index (κ3) is 26.2. The van der Waals surface area contributed by atoms with Crippen LogP contribution in [0.5, 0.6) is 0 Å². The number of carbonyl (C=O) groups is 4. The Balaban J connectivity index is -0.0000000655. The Morgan fingerprint density at radius 3 is 1.26 bits per heavy atom. The van der Waals surface area contributed by atoms with Crippen molar-refractivity contribution in [3.8, 4) is 0 Å². The molecule has 0 bridgehead atoms. The van der Waals surface area contributed by atoms with E-state index in [0.29, 0.717) is 0 Å². The topological polar surface area (TPSA) is 205 Å². The van der Waals surface area contributed by atoms with E-state index in [1.165, 1.54) is 0 Å². The molecule has 11 heteroatoms. The maximum absolute atomic E-state index is 9.75. The maximum atomic E-state index is 9.75. The molecular weight excluding hydrogens is 277 g/mol. The molecule has 10 nitrogen and oxygen atoms in total. The molecule has 0 unspecified atom stereocenters. The van der Waals surface area contributed by atoms with E-state index in [-0.39, 0.29) is 49.3 Å². The van der Waals surface area contributed by atoms with Crippen molar-refractivity contribution >= 4 is 29.6 Å². The molecule has 0 aliphatic heterocycles. The van der Waals surface area contributed by atoms with Crippen LogP contribution in [0.15, 0.2) is 0 Å². The van der Waals surface area contributed by atoms with Crippen molar-refractivity contribution in [1.29, 1.82) is 5.41 Å². The molecule has 0 amide bonds. The Morgan fingerprint density at radius 1 is 0.842 bits per heavy atom. The zero-order chi connectivity index (χ0) is 14.0. The van der Waals surface area contributed by atoms with Gasteiger partial charge in [-0.15, -0.1) is 0 Å². The van der Waals surface area contributed by atoms with Gasteiger partial charge in [0.1, 0.15) is 5.71 Å². The molecule has 0 rings (SSSR count). The molecule has 0 aromatic heterocycles. The Bertz CT molecular complexity index is 333. The maximum Gasteiger partial charge on any atom is 1.00 e. The number of rotatable bonds is 6. The molecule has 0 aromatic carbocycles. The summed E-state index contributed by atoms with van der Waals surface area (Å²) in [5.74, 6) is -4.94.